The molecule has 0 aliphatic rings. The van der Waals surface area contributed by atoms with Gasteiger partial charge in [0, 0.05) is 11.9 Å². The normalized spacial score (nSPS) is 12.1. The molecule has 1 aromatic heterocycles. The number of fused-ring (bicyclic) bond motifs is 1. The highest BCUT2D eigenvalue weighted by Gasteiger charge is 2.16. The van der Waals surface area contributed by atoms with Gasteiger partial charge >= 0.3 is 0 Å². The molecule has 4 heteroatoms. The van der Waals surface area contributed by atoms with Crippen LogP contribution in [0.5, 0.6) is 0 Å². The molecular formula is C23H26N2OS. The highest BCUT2D eigenvalue weighted by Crippen LogP contribution is 2.29. The van der Waals surface area contributed by atoms with Crippen molar-refractivity contribution in [1.29, 1.82) is 0 Å². The maximum Gasteiger partial charge on any atom is 0.233 e. The molecule has 0 aliphatic heterocycles. The van der Waals surface area contributed by atoms with Gasteiger partial charge in [0.05, 0.1) is 15.8 Å². The van der Waals surface area contributed by atoms with Gasteiger partial charge in [0.25, 0.3) is 0 Å². The van der Waals surface area contributed by atoms with E-state index in [4.69, 9.17) is 4.98 Å². The lowest BCUT2D eigenvalue weighted by Crippen LogP contribution is -2.32. The van der Waals surface area contributed by atoms with E-state index in [1.54, 1.807) is 0 Å². The van der Waals surface area contributed by atoms with Crippen LogP contribution in [0.4, 0.5) is 0 Å². The summed E-state index contributed by atoms with van der Waals surface area (Å²) in [5.41, 5.74) is 5.88. The topological polar surface area (TPSA) is 42.0 Å². The lowest BCUT2D eigenvalue weighted by molar-refractivity contribution is -0.120. The molecule has 3 rings (SSSR count). The summed E-state index contributed by atoms with van der Waals surface area (Å²) in [7, 11) is 0. The molecule has 1 heterocycles. The minimum absolute atomic E-state index is 0.0520. The van der Waals surface area contributed by atoms with Crippen molar-refractivity contribution >= 4 is 28.6 Å². The zero-order valence-corrected chi connectivity index (χ0v) is 17.2. The Hall–Kier alpha value is -2.33. The quantitative estimate of drug-likeness (QED) is 0.614. The zero-order chi connectivity index (χ0) is 19.4. The van der Waals surface area contributed by atoms with E-state index in [2.05, 4.69) is 56.4 Å². The molecule has 1 atom stereocenters. The van der Waals surface area contributed by atoms with Crippen LogP contribution in [0.3, 0.4) is 0 Å². The Morgan fingerprint density at radius 2 is 1.81 bits per heavy atom. The Labute approximate surface area is 165 Å². The number of benzene rings is 2. The molecule has 3 nitrogen and oxygen atoms in total. The number of nitrogens with one attached hydrogen (secondary N) is 1. The number of amides is 1. The molecule has 1 N–H and O–H groups in total. The van der Waals surface area contributed by atoms with Gasteiger partial charge in [-0.2, -0.15) is 0 Å². The third-order valence-electron chi connectivity index (χ3n) is 4.65. The predicted molar refractivity (Wildman–Crippen MR) is 114 cm³/mol. The summed E-state index contributed by atoms with van der Waals surface area (Å²) >= 11 is 1.52. The summed E-state index contributed by atoms with van der Waals surface area (Å²) in [5, 5.41) is 4.94. The van der Waals surface area contributed by atoms with Crippen LogP contribution in [-0.2, 0) is 11.2 Å². The van der Waals surface area contributed by atoms with Gasteiger partial charge in [-0.15, -0.1) is 0 Å². The van der Waals surface area contributed by atoms with Gasteiger partial charge in [-0.05, 0) is 62.9 Å². The Balaban J connectivity index is 1.64. The maximum absolute atomic E-state index is 12.4. The number of aromatic nitrogens is 1. The third kappa shape index (κ3) is 4.89. The van der Waals surface area contributed by atoms with E-state index in [9.17, 15) is 4.79 Å². The van der Waals surface area contributed by atoms with Crippen molar-refractivity contribution in [2.75, 3.05) is 6.54 Å². The molecule has 0 saturated carbocycles. The van der Waals surface area contributed by atoms with Crippen molar-refractivity contribution in [1.82, 2.24) is 10.3 Å². The fourth-order valence-corrected chi connectivity index (χ4v) is 4.17. The second-order valence-electron chi connectivity index (χ2n) is 7.04. The summed E-state index contributed by atoms with van der Waals surface area (Å²) in [6.07, 6.45) is 0.843. The van der Waals surface area contributed by atoms with Crippen molar-refractivity contribution in [2.45, 2.75) is 44.4 Å². The number of pyridine rings is 1. The molecule has 0 bridgehead atoms. The van der Waals surface area contributed by atoms with Crippen LogP contribution in [0.15, 0.2) is 53.6 Å². The van der Waals surface area contributed by atoms with E-state index in [1.807, 2.05) is 25.1 Å². The van der Waals surface area contributed by atoms with E-state index in [0.29, 0.717) is 6.54 Å². The maximum atomic E-state index is 12.4. The largest absolute Gasteiger partial charge is 0.355 e. The van der Waals surface area contributed by atoms with Crippen LogP contribution in [0.25, 0.3) is 10.9 Å². The van der Waals surface area contributed by atoms with Gasteiger partial charge in [0.1, 0.15) is 0 Å². The summed E-state index contributed by atoms with van der Waals surface area (Å²) in [5.74, 6) is 0.0520. The summed E-state index contributed by atoms with van der Waals surface area (Å²) in [6.45, 7) is 8.89. The molecule has 3 aromatic rings. The fourth-order valence-electron chi connectivity index (χ4n) is 3.23. The van der Waals surface area contributed by atoms with Crippen LogP contribution in [0.2, 0.25) is 0 Å². The number of rotatable bonds is 6. The molecule has 0 aliphatic carbocycles. The van der Waals surface area contributed by atoms with Crippen LogP contribution in [0.1, 0.15) is 29.2 Å². The Morgan fingerprint density at radius 3 is 2.56 bits per heavy atom. The Bertz CT molecular complexity index is 953. The first kappa shape index (κ1) is 19.4. The average Bonchev–Trinajstić information content (AvgIpc) is 2.63. The molecule has 0 saturated heterocycles. The van der Waals surface area contributed by atoms with Crippen LogP contribution in [-0.4, -0.2) is 22.7 Å². The molecular weight excluding hydrogens is 352 g/mol. The van der Waals surface area contributed by atoms with Gasteiger partial charge in [-0.25, -0.2) is 4.98 Å². The van der Waals surface area contributed by atoms with E-state index < -0.39 is 0 Å². The van der Waals surface area contributed by atoms with E-state index >= 15 is 0 Å². The second kappa shape index (κ2) is 8.57. The molecule has 2 aromatic carbocycles. The fraction of sp³-hybridized carbons (Fsp3) is 0.304. The van der Waals surface area contributed by atoms with E-state index in [1.165, 1.54) is 39.4 Å². The zero-order valence-electron chi connectivity index (χ0n) is 16.4. The van der Waals surface area contributed by atoms with Gasteiger partial charge < -0.3 is 5.32 Å². The Morgan fingerprint density at radius 1 is 1.07 bits per heavy atom. The van der Waals surface area contributed by atoms with Crippen molar-refractivity contribution < 1.29 is 4.79 Å². The molecule has 0 radical (unpaired) electrons. The van der Waals surface area contributed by atoms with E-state index in [0.717, 1.165) is 17.0 Å². The van der Waals surface area contributed by atoms with Crippen LogP contribution in [0, 0.1) is 20.8 Å². The van der Waals surface area contributed by atoms with Crippen molar-refractivity contribution in [3.05, 3.63) is 70.8 Å². The van der Waals surface area contributed by atoms with Gasteiger partial charge in [0.2, 0.25) is 5.91 Å². The Kier molecular flexibility index (Phi) is 6.17. The highest BCUT2D eigenvalue weighted by molar-refractivity contribution is 8.00. The number of hydrogen-bond donors (Lipinski definition) is 1. The average molecular weight is 379 g/mol. The van der Waals surface area contributed by atoms with Gasteiger partial charge in [0.15, 0.2) is 0 Å². The number of aryl methyl sites for hydroxylation is 3. The van der Waals surface area contributed by atoms with Crippen molar-refractivity contribution in [3.8, 4) is 0 Å². The van der Waals surface area contributed by atoms with Crippen LogP contribution < -0.4 is 5.32 Å². The predicted octanol–water partition coefficient (Wildman–Crippen LogP) is 5.00. The summed E-state index contributed by atoms with van der Waals surface area (Å²) < 4.78 is 0. The first-order chi connectivity index (χ1) is 12.9. The number of thioether (sulfide) groups is 1. The minimum atomic E-state index is -0.184. The van der Waals surface area contributed by atoms with Gasteiger partial charge in [-0.1, -0.05) is 53.7 Å². The lowest BCUT2D eigenvalue weighted by Gasteiger charge is -2.14. The number of carbonyl (C=O) groups is 1. The SMILES string of the molecule is Cc1cc(C)c2nc(SC(C)C(=O)NCCc3ccccc3)cc(C)c2c1. The second-order valence-corrected chi connectivity index (χ2v) is 8.40. The summed E-state index contributed by atoms with van der Waals surface area (Å²) in [4.78, 5) is 17.2. The van der Waals surface area contributed by atoms with Crippen molar-refractivity contribution in [2.24, 2.45) is 0 Å². The van der Waals surface area contributed by atoms with Crippen molar-refractivity contribution in [3.63, 3.8) is 0 Å². The lowest BCUT2D eigenvalue weighted by atomic mass is 10.0. The smallest absolute Gasteiger partial charge is 0.233 e. The number of hydrogen-bond acceptors (Lipinski definition) is 3. The molecule has 0 fully saturated rings. The number of carbonyl (C=O) groups excluding carboxylic acids is 1. The molecule has 1 amide bonds. The molecule has 140 valence electrons. The first-order valence-corrected chi connectivity index (χ1v) is 10.2. The third-order valence-corrected chi connectivity index (χ3v) is 5.67. The molecule has 1 unspecified atom stereocenters. The summed E-state index contributed by atoms with van der Waals surface area (Å²) in [6, 6.07) is 16.6. The molecule has 0 spiro atoms. The number of nitrogens with zero attached hydrogens (tertiary/aromatic N) is 1. The van der Waals surface area contributed by atoms with Crippen LogP contribution >= 0.6 is 11.8 Å². The minimum Gasteiger partial charge on any atom is -0.355 e. The first-order valence-electron chi connectivity index (χ1n) is 9.31. The highest BCUT2D eigenvalue weighted by atomic mass is 32.2. The van der Waals surface area contributed by atoms with E-state index in [-0.39, 0.29) is 11.2 Å². The monoisotopic (exact) mass is 378 g/mol. The van der Waals surface area contributed by atoms with Gasteiger partial charge in [-0.3, -0.25) is 4.79 Å². The molecule has 27 heavy (non-hydrogen) atoms. The standard InChI is InChI=1S/C23H26N2OS/c1-15-12-17(3)22-20(13-15)16(2)14-21(25-22)27-18(4)23(26)24-11-10-19-8-6-5-7-9-19/h5-9,12-14,18H,10-11H2,1-4H3,(H,24,26).